The van der Waals surface area contributed by atoms with Gasteiger partial charge in [0, 0.05) is 18.8 Å². The van der Waals surface area contributed by atoms with E-state index in [0.717, 1.165) is 16.8 Å². The van der Waals surface area contributed by atoms with Gasteiger partial charge < -0.3 is 10.2 Å². The molecule has 0 aliphatic carbocycles. The molecule has 2 amide bonds. The summed E-state index contributed by atoms with van der Waals surface area (Å²) in [5, 5.41) is 2.95. The minimum atomic E-state index is -0.0748. The highest BCUT2D eigenvalue weighted by Crippen LogP contribution is 2.18. The molecule has 98 valence electrons. The fraction of sp³-hybridized carbons (Fsp3) is 0.400. The van der Waals surface area contributed by atoms with E-state index in [1.54, 1.807) is 4.90 Å². The molecule has 3 heteroatoms. The Hall–Kier alpha value is -1.77. The number of aryl methyl sites for hydroxylation is 1. The number of urea groups is 1. The van der Waals surface area contributed by atoms with Crippen molar-refractivity contribution in [2.45, 2.75) is 27.7 Å². The molecule has 1 aromatic carbocycles. The summed E-state index contributed by atoms with van der Waals surface area (Å²) >= 11 is 0. The van der Waals surface area contributed by atoms with Crippen LogP contribution in [0.3, 0.4) is 0 Å². The first-order chi connectivity index (χ1) is 8.45. The number of carbonyl (C=O) groups is 1. The van der Waals surface area contributed by atoms with Crippen molar-refractivity contribution in [3.05, 3.63) is 41.5 Å². The van der Waals surface area contributed by atoms with Crippen LogP contribution < -0.4 is 5.32 Å². The second-order valence-electron chi connectivity index (χ2n) is 4.65. The Labute approximate surface area is 109 Å². The number of carbonyl (C=O) groups excluding carboxylic acids is 1. The van der Waals surface area contributed by atoms with Gasteiger partial charge in [-0.2, -0.15) is 0 Å². The number of nitrogens with zero attached hydrogens (tertiary/aromatic N) is 1. The number of hydrogen-bond donors (Lipinski definition) is 1. The number of rotatable bonds is 4. The van der Waals surface area contributed by atoms with Crippen molar-refractivity contribution in [2.75, 3.05) is 18.4 Å². The molecule has 0 spiro atoms. The number of hydrogen-bond acceptors (Lipinski definition) is 1. The zero-order valence-corrected chi connectivity index (χ0v) is 11.7. The fourth-order valence-electron chi connectivity index (χ4n) is 1.73. The Kier molecular flexibility index (Phi) is 4.95. The standard InChI is InChI=1S/C15H22N2O/c1-6-17(10-11(2)3)15(18)16-14-9-7-8-12(4)13(14)5/h7-9H,2,6,10H2,1,3-5H3,(H,16,18). The molecule has 1 aromatic rings. The van der Waals surface area contributed by atoms with E-state index in [4.69, 9.17) is 0 Å². The van der Waals surface area contributed by atoms with Crippen molar-refractivity contribution in [3.63, 3.8) is 0 Å². The van der Waals surface area contributed by atoms with E-state index in [2.05, 4.69) is 11.9 Å². The van der Waals surface area contributed by atoms with Crippen molar-refractivity contribution < 1.29 is 4.79 Å². The minimum absolute atomic E-state index is 0.0748. The van der Waals surface area contributed by atoms with Crippen molar-refractivity contribution in [3.8, 4) is 0 Å². The van der Waals surface area contributed by atoms with Gasteiger partial charge in [0.1, 0.15) is 0 Å². The van der Waals surface area contributed by atoms with Crippen LogP contribution in [0.5, 0.6) is 0 Å². The number of nitrogens with one attached hydrogen (secondary N) is 1. The van der Waals surface area contributed by atoms with Crippen LogP contribution in [-0.4, -0.2) is 24.0 Å². The van der Waals surface area contributed by atoms with Crippen LogP contribution in [0.25, 0.3) is 0 Å². The topological polar surface area (TPSA) is 32.3 Å². The van der Waals surface area contributed by atoms with Gasteiger partial charge in [-0.1, -0.05) is 24.3 Å². The second kappa shape index (κ2) is 6.24. The quantitative estimate of drug-likeness (QED) is 0.807. The predicted octanol–water partition coefficient (Wildman–Crippen LogP) is 3.73. The van der Waals surface area contributed by atoms with Gasteiger partial charge in [0.25, 0.3) is 0 Å². The van der Waals surface area contributed by atoms with Gasteiger partial charge in [-0.05, 0) is 44.9 Å². The smallest absolute Gasteiger partial charge is 0.321 e. The lowest BCUT2D eigenvalue weighted by molar-refractivity contribution is 0.218. The van der Waals surface area contributed by atoms with Crippen LogP contribution in [-0.2, 0) is 0 Å². The zero-order chi connectivity index (χ0) is 13.7. The number of benzene rings is 1. The summed E-state index contributed by atoms with van der Waals surface area (Å²) in [5.74, 6) is 0. The first-order valence-electron chi connectivity index (χ1n) is 6.22. The Bertz CT molecular complexity index is 452. The molecule has 1 rings (SSSR count). The minimum Gasteiger partial charge on any atom is -0.321 e. The molecule has 0 bridgehead atoms. The molecular weight excluding hydrogens is 224 g/mol. The molecule has 0 aromatic heterocycles. The van der Waals surface area contributed by atoms with E-state index < -0.39 is 0 Å². The lowest BCUT2D eigenvalue weighted by atomic mass is 10.1. The van der Waals surface area contributed by atoms with Gasteiger partial charge in [-0.3, -0.25) is 0 Å². The highest BCUT2D eigenvalue weighted by Gasteiger charge is 2.12. The van der Waals surface area contributed by atoms with Crippen LogP contribution in [0.4, 0.5) is 10.5 Å². The van der Waals surface area contributed by atoms with Gasteiger partial charge in [0.15, 0.2) is 0 Å². The largest absolute Gasteiger partial charge is 0.322 e. The van der Waals surface area contributed by atoms with Crippen LogP contribution in [0, 0.1) is 13.8 Å². The number of anilines is 1. The lowest BCUT2D eigenvalue weighted by Gasteiger charge is -2.22. The summed E-state index contributed by atoms with van der Waals surface area (Å²) in [4.78, 5) is 13.9. The molecule has 1 N–H and O–H groups in total. The van der Waals surface area contributed by atoms with Crippen molar-refractivity contribution in [1.29, 1.82) is 0 Å². The maximum atomic E-state index is 12.1. The number of likely N-dealkylation sites (N-methyl/N-ethyl adjacent to an activating group) is 1. The summed E-state index contributed by atoms with van der Waals surface area (Å²) in [5.41, 5.74) is 4.14. The molecule has 18 heavy (non-hydrogen) atoms. The van der Waals surface area contributed by atoms with E-state index >= 15 is 0 Å². The van der Waals surface area contributed by atoms with Gasteiger partial charge in [0.2, 0.25) is 0 Å². The van der Waals surface area contributed by atoms with Gasteiger partial charge in [-0.25, -0.2) is 4.79 Å². The Morgan fingerprint density at radius 3 is 2.61 bits per heavy atom. The van der Waals surface area contributed by atoms with Gasteiger partial charge in [-0.15, -0.1) is 0 Å². The molecule has 0 heterocycles. The summed E-state index contributed by atoms with van der Waals surface area (Å²) < 4.78 is 0. The Morgan fingerprint density at radius 1 is 1.39 bits per heavy atom. The third-order valence-electron chi connectivity index (χ3n) is 2.98. The molecular formula is C15H22N2O. The van der Waals surface area contributed by atoms with Crippen LogP contribution in [0.2, 0.25) is 0 Å². The Balaban J connectivity index is 2.80. The van der Waals surface area contributed by atoms with E-state index in [9.17, 15) is 4.79 Å². The maximum Gasteiger partial charge on any atom is 0.322 e. The van der Waals surface area contributed by atoms with E-state index in [0.29, 0.717) is 13.1 Å². The summed E-state index contributed by atoms with van der Waals surface area (Å²) in [7, 11) is 0. The molecule has 0 saturated heterocycles. The van der Waals surface area contributed by atoms with Gasteiger partial charge in [0.05, 0.1) is 0 Å². The monoisotopic (exact) mass is 246 g/mol. The number of amides is 2. The lowest BCUT2D eigenvalue weighted by Crippen LogP contribution is -2.36. The van der Waals surface area contributed by atoms with E-state index in [1.807, 2.05) is 45.9 Å². The highest BCUT2D eigenvalue weighted by atomic mass is 16.2. The third-order valence-corrected chi connectivity index (χ3v) is 2.98. The average molecular weight is 246 g/mol. The molecule has 0 saturated carbocycles. The molecule has 0 aliphatic rings. The normalized spacial score (nSPS) is 10.0. The van der Waals surface area contributed by atoms with Crippen LogP contribution in [0.15, 0.2) is 30.4 Å². The van der Waals surface area contributed by atoms with Crippen molar-refractivity contribution >= 4 is 11.7 Å². The van der Waals surface area contributed by atoms with Crippen molar-refractivity contribution in [1.82, 2.24) is 4.90 Å². The summed E-state index contributed by atoms with van der Waals surface area (Å²) in [6.07, 6.45) is 0. The predicted molar refractivity (Wildman–Crippen MR) is 77.0 cm³/mol. The Morgan fingerprint density at radius 2 is 2.06 bits per heavy atom. The van der Waals surface area contributed by atoms with Crippen molar-refractivity contribution in [2.24, 2.45) is 0 Å². The molecule has 0 atom stereocenters. The molecule has 0 fully saturated rings. The maximum absolute atomic E-state index is 12.1. The van der Waals surface area contributed by atoms with E-state index in [1.165, 1.54) is 5.56 Å². The zero-order valence-electron chi connectivity index (χ0n) is 11.7. The highest BCUT2D eigenvalue weighted by molar-refractivity contribution is 5.90. The molecule has 0 aliphatic heterocycles. The first-order valence-corrected chi connectivity index (χ1v) is 6.22. The SMILES string of the molecule is C=C(C)CN(CC)C(=O)Nc1cccc(C)c1C. The molecule has 0 radical (unpaired) electrons. The fourth-order valence-corrected chi connectivity index (χ4v) is 1.73. The first kappa shape index (κ1) is 14.3. The molecule has 0 unspecified atom stereocenters. The van der Waals surface area contributed by atoms with Crippen LogP contribution >= 0.6 is 0 Å². The van der Waals surface area contributed by atoms with Gasteiger partial charge >= 0.3 is 6.03 Å². The molecule has 3 nitrogen and oxygen atoms in total. The summed E-state index contributed by atoms with van der Waals surface area (Å²) in [6, 6.07) is 5.84. The average Bonchev–Trinajstić information content (AvgIpc) is 2.31. The van der Waals surface area contributed by atoms with E-state index in [-0.39, 0.29) is 6.03 Å². The third kappa shape index (κ3) is 3.62. The summed E-state index contributed by atoms with van der Waals surface area (Å²) in [6.45, 7) is 13.0. The second-order valence-corrected chi connectivity index (χ2v) is 4.65. The van der Waals surface area contributed by atoms with Crippen LogP contribution in [0.1, 0.15) is 25.0 Å².